The Morgan fingerprint density at radius 1 is 1.06 bits per heavy atom. The lowest BCUT2D eigenvalue weighted by molar-refractivity contribution is -0.131. The normalized spacial score (nSPS) is 20.1. The van der Waals surface area contributed by atoms with Crippen LogP contribution in [-0.2, 0) is 21.4 Å². The summed E-state index contributed by atoms with van der Waals surface area (Å²) < 4.78 is 29.1. The van der Waals surface area contributed by atoms with Crippen molar-refractivity contribution in [2.75, 3.05) is 25.4 Å². The summed E-state index contributed by atoms with van der Waals surface area (Å²) in [4.78, 5) is 15.0. The molecule has 0 unspecified atom stereocenters. The Kier molecular flexibility index (Phi) is 7.21. The largest absolute Gasteiger partial charge is 0.339 e. The SMILES string of the molecule is CCn1c(SCC(=O)N2CCCC[C@H]2C)nnc1-c1ccc(S(=O)(=O)N2CCCC2)cc1. The number of hydrogen-bond donors (Lipinski definition) is 0. The zero-order chi connectivity index (χ0) is 22.7. The van der Waals surface area contributed by atoms with Gasteiger partial charge in [0.2, 0.25) is 15.9 Å². The first-order chi connectivity index (χ1) is 15.4. The van der Waals surface area contributed by atoms with Gasteiger partial charge in [-0.1, -0.05) is 11.8 Å². The Morgan fingerprint density at radius 2 is 1.75 bits per heavy atom. The van der Waals surface area contributed by atoms with Crippen LogP contribution in [-0.4, -0.2) is 69.7 Å². The van der Waals surface area contributed by atoms with Crippen LogP contribution in [0.15, 0.2) is 34.3 Å². The molecule has 0 N–H and O–H groups in total. The molecule has 1 aromatic carbocycles. The molecule has 1 aromatic heterocycles. The molecule has 0 saturated carbocycles. The highest BCUT2D eigenvalue weighted by molar-refractivity contribution is 7.99. The van der Waals surface area contributed by atoms with Gasteiger partial charge in [0, 0.05) is 37.8 Å². The first-order valence-corrected chi connectivity index (χ1v) is 13.8. The molecule has 1 atom stereocenters. The number of thioether (sulfide) groups is 1. The van der Waals surface area contributed by atoms with Gasteiger partial charge in [-0.2, -0.15) is 4.31 Å². The van der Waals surface area contributed by atoms with E-state index >= 15 is 0 Å². The van der Waals surface area contributed by atoms with Crippen molar-refractivity contribution in [3.05, 3.63) is 24.3 Å². The highest BCUT2D eigenvalue weighted by Gasteiger charge is 2.27. The lowest BCUT2D eigenvalue weighted by atomic mass is 10.0. The van der Waals surface area contributed by atoms with Gasteiger partial charge in [0.25, 0.3) is 0 Å². The Hall–Kier alpha value is -1.91. The van der Waals surface area contributed by atoms with Crippen molar-refractivity contribution in [2.45, 2.75) is 68.6 Å². The number of nitrogens with zero attached hydrogens (tertiary/aromatic N) is 5. The van der Waals surface area contributed by atoms with Crippen LogP contribution in [0.4, 0.5) is 0 Å². The topological polar surface area (TPSA) is 88.4 Å². The number of benzene rings is 1. The summed E-state index contributed by atoms with van der Waals surface area (Å²) in [5, 5.41) is 9.35. The number of carbonyl (C=O) groups is 1. The molecule has 4 rings (SSSR count). The molecule has 2 aliphatic heterocycles. The van der Waals surface area contributed by atoms with Crippen molar-refractivity contribution < 1.29 is 13.2 Å². The van der Waals surface area contributed by atoms with Gasteiger partial charge in [0.1, 0.15) is 0 Å². The second-order valence-electron chi connectivity index (χ2n) is 8.41. The molecule has 32 heavy (non-hydrogen) atoms. The predicted molar refractivity (Wildman–Crippen MR) is 125 cm³/mol. The molecule has 2 fully saturated rings. The second kappa shape index (κ2) is 9.93. The molecule has 8 nitrogen and oxygen atoms in total. The molecule has 0 spiro atoms. The fraction of sp³-hybridized carbons (Fsp3) is 0.591. The Balaban J connectivity index is 1.47. The number of piperidine rings is 1. The third-order valence-corrected chi connectivity index (χ3v) is 9.16. The van der Waals surface area contributed by atoms with Gasteiger partial charge in [0.05, 0.1) is 10.6 Å². The molecule has 0 bridgehead atoms. The summed E-state index contributed by atoms with van der Waals surface area (Å²) in [6.07, 6.45) is 5.14. The number of aromatic nitrogens is 3. The minimum atomic E-state index is -3.44. The van der Waals surface area contributed by atoms with Crippen molar-refractivity contribution in [1.29, 1.82) is 0 Å². The third kappa shape index (κ3) is 4.72. The lowest BCUT2D eigenvalue weighted by Gasteiger charge is -2.33. The van der Waals surface area contributed by atoms with E-state index in [1.54, 1.807) is 28.6 Å². The smallest absolute Gasteiger partial charge is 0.243 e. The van der Waals surface area contributed by atoms with Gasteiger partial charge in [-0.05, 0) is 70.2 Å². The lowest BCUT2D eigenvalue weighted by Crippen LogP contribution is -2.43. The highest BCUT2D eigenvalue weighted by Crippen LogP contribution is 2.27. The first-order valence-electron chi connectivity index (χ1n) is 11.4. The van der Waals surface area contributed by atoms with Crippen LogP contribution in [0.2, 0.25) is 0 Å². The van der Waals surface area contributed by atoms with Crippen molar-refractivity contribution in [3.63, 3.8) is 0 Å². The molecule has 2 aliphatic rings. The maximum atomic E-state index is 12.8. The molecule has 2 aromatic rings. The number of likely N-dealkylation sites (tertiary alicyclic amines) is 1. The molecule has 10 heteroatoms. The van der Waals surface area contributed by atoms with Gasteiger partial charge in [-0.25, -0.2) is 8.42 Å². The van der Waals surface area contributed by atoms with E-state index < -0.39 is 10.0 Å². The van der Waals surface area contributed by atoms with E-state index in [-0.39, 0.29) is 5.91 Å². The van der Waals surface area contributed by atoms with Crippen molar-refractivity contribution in [3.8, 4) is 11.4 Å². The average Bonchev–Trinajstić information content (AvgIpc) is 3.48. The zero-order valence-corrected chi connectivity index (χ0v) is 20.4. The van der Waals surface area contributed by atoms with Crippen LogP contribution in [0.1, 0.15) is 46.0 Å². The zero-order valence-electron chi connectivity index (χ0n) is 18.7. The molecule has 1 amide bonds. The van der Waals surface area contributed by atoms with Crippen molar-refractivity contribution in [1.82, 2.24) is 24.0 Å². The number of carbonyl (C=O) groups excluding carboxylic acids is 1. The molecular weight excluding hydrogens is 446 g/mol. The maximum absolute atomic E-state index is 12.8. The number of hydrogen-bond acceptors (Lipinski definition) is 6. The quantitative estimate of drug-likeness (QED) is 0.569. The molecular formula is C22H31N5O3S2. The van der Waals surface area contributed by atoms with Crippen molar-refractivity contribution >= 4 is 27.7 Å². The van der Waals surface area contributed by atoms with E-state index in [0.717, 1.165) is 37.8 Å². The molecule has 0 radical (unpaired) electrons. The average molecular weight is 478 g/mol. The second-order valence-corrected chi connectivity index (χ2v) is 11.3. The van der Waals surface area contributed by atoms with Gasteiger partial charge in [-0.15, -0.1) is 10.2 Å². The number of sulfonamides is 1. The van der Waals surface area contributed by atoms with Gasteiger partial charge in [0.15, 0.2) is 11.0 Å². The Labute approximate surface area is 194 Å². The summed E-state index contributed by atoms with van der Waals surface area (Å²) in [6.45, 7) is 6.79. The number of rotatable bonds is 7. The first kappa shape index (κ1) is 23.3. The van der Waals surface area contributed by atoms with E-state index in [0.29, 0.717) is 47.3 Å². The Morgan fingerprint density at radius 3 is 2.41 bits per heavy atom. The van der Waals surface area contributed by atoms with Crippen LogP contribution >= 0.6 is 11.8 Å². The van der Waals surface area contributed by atoms with E-state index in [9.17, 15) is 13.2 Å². The predicted octanol–water partition coefficient (Wildman–Crippen LogP) is 3.24. The van der Waals surface area contributed by atoms with E-state index in [4.69, 9.17) is 0 Å². The van der Waals surface area contributed by atoms with Gasteiger partial charge in [-0.3, -0.25) is 4.79 Å². The van der Waals surface area contributed by atoms with Crippen LogP contribution in [0, 0.1) is 0 Å². The molecule has 3 heterocycles. The minimum Gasteiger partial charge on any atom is -0.339 e. The highest BCUT2D eigenvalue weighted by atomic mass is 32.2. The summed E-state index contributed by atoms with van der Waals surface area (Å²) in [7, 11) is -3.44. The van der Waals surface area contributed by atoms with Crippen LogP contribution in [0.5, 0.6) is 0 Å². The monoisotopic (exact) mass is 477 g/mol. The summed E-state index contributed by atoms with van der Waals surface area (Å²) in [5.41, 5.74) is 0.808. The minimum absolute atomic E-state index is 0.144. The maximum Gasteiger partial charge on any atom is 0.243 e. The summed E-state index contributed by atoms with van der Waals surface area (Å²) in [6, 6.07) is 7.16. The van der Waals surface area contributed by atoms with E-state index in [1.165, 1.54) is 18.2 Å². The Bertz CT molecular complexity index is 1050. The van der Waals surface area contributed by atoms with Crippen LogP contribution in [0.3, 0.4) is 0 Å². The molecule has 174 valence electrons. The van der Waals surface area contributed by atoms with Gasteiger partial charge >= 0.3 is 0 Å². The van der Waals surface area contributed by atoms with Crippen LogP contribution < -0.4 is 0 Å². The molecule has 2 saturated heterocycles. The fourth-order valence-corrected chi connectivity index (χ4v) is 6.83. The fourth-order valence-electron chi connectivity index (χ4n) is 4.43. The third-order valence-electron chi connectivity index (χ3n) is 6.30. The molecule has 0 aliphatic carbocycles. The van der Waals surface area contributed by atoms with Gasteiger partial charge < -0.3 is 9.47 Å². The van der Waals surface area contributed by atoms with E-state index in [1.807, 2.05) is 16.4 Å². The number of amides is 1. The van der Waals surface area contributed by atoms with Crippen molar-refractivity contribution in [2.24, 2.45) is 0 Å². The summed E-state index contributed by atoms with van der Waals surface area (Å²) >= 11 is 1.41. The summed E-state index contributed by atoms with van der Waals surface area (Å²) in [5.74, 6) is 1.17. The standard InChI is InChI=1S/C22H31N5O3S2/c1-3-26-21(18-9-11-19(12-10-18)32(29,30)25-13-6-7-14-25)23-24-22(26)31-16-20(28)27-15-5-4-8-17(27)2/h9-12,17H,3-8,13-16H2,1-2H3/t17-/m1/s1. The van der Waals surface area contributed by atoms with E-state index in [2.05, 4.69) is 17.1 Å². The van der Waals surface area contributed by atoms with Crippen LogP contribution in [0.25, 0.3) is 11.4 Å².